The van der Waals surface area contributed by atoms with Gasteiger partial charge in [0.25, 0.3) is 0 Å². The van der Waals surface area contributed by atoms with Crippen molar-refractivity contribution in [1.29, 1.82) is 0 Å². The molecule has 0 N–H and O–H groups in total. The van der Waals surface area contributed by atoms with E-state index in [2.05, 4.69) is 4.98 Å². The molecule has 1 saturated heterocycles. The van der Waals surface area contributed by atoms with Gasteiger partial charge in [-0.25, -0.2) is 0 Å². The number of rotatable bonds is 1. The van der Waals surface area contributed by atoms with Crippen LogP contribution in [0.1, 0.15) is 25.8 Å². The van der Waals surface area contributed by atoms with E-state index in [1.54, 1.807) is 25.5 Å². The van der Waals surface area contributed by atoms with Gasteiger partial charge in [-0.2, -0.15) is 0 Å². The highest BCUT2D eigenvalue weighted by Gasteiger charge is 2.28. The van der Waals surface area contributed by atoms with Crippen LogP contribution in [0.3, 0.4) is 0 Å². The van der Waals surface area contributed by atoms with Crippen LogP contribution >= 0.6 is 0 Å². The van der Waals surface area contributed by atoms with Gasteiger partial charge in [0.2, 0.25) is 5.91 Å². The lowest BCUT2D eigenvalue weighted by atomic mass is 10.1. The van der Waals surface area contributed by atoms with Crippen molar-refractivity contribution in [2.75, 3.05) is 7.05 Å². The molecule has 1 amide bonds. The second-order valence-electron chi connectivity index (χ2n) is 3.14. The Bertz CT molecular complexity index is 354. The van der Waals surface area contributed by atoms with Crippen molar-refractivity contribution >= 4 is 5.91 Å². The van der Waals surface area contributed by atoms with Gasteiger partial charge in [-0.05, 0) is 18.1 Å². The van der Waals surface area contributed by atoms with Crippen LogP contribution in [0, 0.1) is 0 Å². The summed E-state index contributed by atoms with van der Waals surface area (Å²) >= 11 is 0. The molecule has 1 aromatic heterocycles. The van der Waals surface area contributed by atoms with Gasteiger partial charge in [0.1, 0.15) is 0 Å². The summed E-state index contributed by atoms with van der Waals surface area (Å²) in [5, 5.41) is 0. The molecule has 0 saturated carbocycles. The molecule has 0 bridgehead atoms. The van der Waals surface area contributed by atoms with Crippen molar-refractivity contribution in [3.05, 3.63) is 30.1 Å². The summed E-state index contributed by atoms with van der Waals surface area (Å²) in [7, 11) is 1.68. The Kier molecular flexibility index (Phi) is 1.72. The van der Waals surface area contributed by atoms with E-state index in [-0.39, 0.29) is 5.91 Å². The number of aromatic nitrogens is 1. The minimum atomic E-state index is -0.911. The molecule has 0 radical (unpaired) electrons. The van der Waals surface area contributed by atoms with E-state index in [0.29, 0.717) is 12.8 Å². The molecule has 2 rings (SSSR count). The molecule has 1 unspecified atom stereocenters. The molecule has 0 spiro atoms. The third-order valence-electron chi connectivity index (χ3n) is 2.35. The Balaban J connectivity index is 2.39. The van der Waals surface area contributed by atoms with Crippen molar-refractivity contribution in [3.8, 4) is 0 Å². The standard InChI is InChI=1S/C10H12N2O/c1-12-9(4-5-10(12)13)8-3-2-6-11-7-8/h2-3,6-7,9H,4-5H2,1H3/i9D. The van der Waals surface area contributed by atoms with Gasteiger partial charge in [0.15, 0.2) is 0 Å². The lowest BCUT2D eigenvalue weighted by molar-refractivity contribution is -0.127. The minimum absolute atomic E-state index is 0.0313. The number of carbonyl (C=O) groups excluding carboxylic acids is 1. The predicted octanol–water partition coefficient (Wildman–Crippen LogP) is 1.37. The molecule has 1 aliphatic heterocycles. The maximum absolute atomic E-state index is 11.3. The smallest absolute Gasteiger partial charge is 0.222 e. The molecule has 1 aliphatic rings. The summed E-state index contributed by atoms with van der Waals surface area (Å²) < 4.78 is 8.22. The van der Waals surface area contributed by atoms with E-state index < -0.39 is 6.02 Å². The van der Waals surface area contributed by atoms with Crippen LogP contribution in [0.5, 0.6) is 0 Å². The summed E-state index contributed by atoms with van der Waals surface area (Å²) in [5.74, 6) is 0.0313. The average molecular weight is 177 g/mol. The fraction of sp³-hybridized carbons (Fsp3) is 0.400. The van der Waals surface area contributed by atoms with E-state index in [9.17, 15) is 4.79 Å². The van der Waals surface area contributed by atoms with Crippen LogP contribution in [-0.4, -0.2) is 22.8 Å². The normalized spacial score (nSPS) is 29.2. The first kappa shape index (κ1) is 7.06. The van der Waals surface area contributed by atoms with Crippen molar-refractivity contribution in [2.24, 2.45) is 0 Å². The lowest BCUT2D eigenvalue weighted by Gasteiger charge is -2.19. The van der Waals surface area contributed by atoms with Gasteiger partial charge in [0, 0.05) is 25.9 Å². The van der Waals surface area contributed by atoms with E-state index in [1.165, 1.54) is 4.90 Å². The number of hydrogen-bond donors (Lipinski definition) is 0. The Labute approximate surface area is 78.8 Å². The van der Waals surface area contributed by atoms with Crippen LogP contribution in [0.2, 0.25) is 0 Å². The van der Waals surface area contributed by atoms with Gasteiger partial charge in [-0.15, -0.1) is 0 Å². The zero-order chi connectivity index (χ0) is 10.2. The van der Waals surface area contributed by atoms with Crippen LogP contribution in [0.4, 0.5) is 0 Å². The summed E-state index contributed by atoms with van der Waals surface area (Å²) in [6, 6.07) is 2.72. The van der Waals surface area contributed by atoms with Crippen molar-refractivity contribution in [2.45, 2.75) is 18.9 Å². The zero-order valence-corrected chi connectivity index (χ0v) is 7.53. The zero-order valence-electron chi connectivity index (χ0n) is 8.53. The molecule has 1 aromatic rings. The Morgan fingerprint density at radius 2 is 2.62 bits per heavy atom. The lowest BCUT2D eigenvalue weighted by Crippen LogP contribution is -2.22. The molecule has 3 nitrogen and oxygen atoms in total. The summed E-state index contributed by atoms with van der Waals surface area (Å²) in [5.41, 5.74) is 0.786. The third-order valence-corrected chi connectivity index (χ3v) is 2.35. The molecule has 0 aromatic carbocycles. The van der Waals surface area contributed by atoms with Crippen LogP contribution in [-0.2, 0) is 4.79 Å². The highest BCUT2D eigenvalue weighted by molar-refractivity contribution is 5.78. The monoisotopic (exact) mass is 177 g/mol. The number of likely N-dealkylation sites (tertiary alicyclic amines) is 1. The Morgan fingerprint density at radius 3 is 3.15 bits per heavy atom. The number of hydrogen-bond acceptors (Lipinski definition) is 2. The molecular weight excluding hydrogens is 164 g/mol. The molecular formula is C10H12N2O. The average Bonchev–Trinajstić information content (AvgIpc) is 2.49. The quantitative estimate of drug-likeness (QED) is 0.649. The largest absolute Gasteiger partial charge is 0.339 e. The first-order valence-corrected chi connectivity index (χ1v) is 4.32. The molecule has 0 aliphatic carbocycles. The molecule has 3 heteroatoms. The van der Waals surface area contributed by atoms with E-state index in [4.69, 9.17) is 1.37 Å². The van der Waals surface area contributed by atoms with Gasteiger partial charge < -0.3 is 4.90 Å². The fourth-order valence-corrected chi connectivity index (χ4v) is 1.58. The first-order valence-electron chi connectivity index (χ1n) is 4.82. The van der Waals surface area contributed by atoms with E-state index in [1.807, 2.05) is 6.07 Å². The van der Waals surface area contributed by atoms with Crippen LogP contribution in [0.25, 0.3) is 0 Å². The van der Waals surface area contributed by atoms with Gasteiger partial charge in [0.05, 0.1) is 7.39 Å². The highest BCUT2D eigenvalue weighted by atomic mass is 16.2. The first-order chi connectivity index (χ1) is 6.64. The van der Waals surface area contributed by atoms with E-state index >= 15 is 0 Å². The second-order valence-corrected chi connectivity index (χ2v) is 3.14. The summed E-state index contributed by atoms with van der Waals surface area (Å²) in [6.45, 7) is 0. The second kappa shape index (κ2) is 3.17. The van der Waals surface area contributed by atoms with Gasteiger partial charge in [-0.1, -0.05) is 6.07 Å². The minimum Gasteiger partial charge on any atom is -0.339 e. The third kappa shape index (κ3) is 1.41. The van der Waals surface area contributed by atoms with Gasteiger partial charge in [-0.3, -0.25) is 9.78 Å². The molecule has 2 heterocycles. The topological polar surface area (TPSA) is 33.2 Å². The molecule has 1 atom stereocenters. The highest BCUT2D eigenvalue weighted by Crippen LogP contribution is 2.30. The molecule has 1 fully saturated rings. The van der Waals surface area contributed by atoms with E-state index in [0.717, 1.165) is 5.56 Å². The maximum atomic E-state index is 11.3. The molecule has 13 heavy (non-hydrogen) atoms. The number of nitrogens with zero attached hydrogens (tertiary/aromatic N) is 2. The number of pyridine rings is 1. The fourth-order valence-electron chi connectivity index (χ4n) is 1.58. The maximum Gasteiger partial charge on any atom is 0.222 e. The Hall–Kier alpha value is -1.38. The summed E-state index contributed by atoms with van der Waals surface area (Å²) in [6.07, 6.45) is 4.33. The van der Waals surface area contributed by atoms with Crippen LogP contribution in [0.15, 0.2) is 24.5 Å². The Morgan fingerprint density at radius 1 is 1.77 bits per heavy atom. The number of carbonyl (C=O) groups is 1. The van der Waals surface area contributed by atoms with Crippen LogP contribution < -0.4 is 0 Å². The van der Waals surface area contributed by atoms with Crippen molar-refractivity contribution in [3.63, 3.8) is 0 Å². The predicted molar refractivity (Wildman–Crippen MR) is 49.0 cm³/mol. The van der Waals surface area contributed by atoms with Crippen molar-refractivity contribution in [1.82, 2.24) is 9.88 Å². The number of amides is 1. The summed E-state index contributed by atoms with van der Waals surface area (Å²) in [4.78, 5) is 16.8. The van der Waals surface area contributed by atoms with Gasteiger partial charge >= 0.3 is 0 Å². The van der Waals surface area contributed by atoms with Crippen molar-refractivity contribution < 1.29 is 6.17 Å². The SMILES string of the molecule is [2H]C1(c2cccnc2)CCC(=O)N1C. The molecule has 68 valence electrons.